The standard InChI is InChI=1S/C10H15N3O/c1-7-2-5-9(14-7)6-12-10(11)13-8-3-4-8/h2,5,8H,3-4,6H2,1H3,(H3,11,12,13). The van der Waals surface area contributed by atoms with Crippen molar-refractivity contribution in [1.29, 1.82) is 0 Å². The Labute approximate surface area is 83.2 Å². The number of rotatable bonds is 3. The first-order chi connectivity index (χ1) is 6.74. The molecule has 0 amide bonds. The molecule has 4 nitrogen and oxygen atoms in total. The highest BCUT2D eigenvalue weighted by molar-refractivity contribution is 5.78. The maximum absolute atomic E-state index is 5.67. The van der Waals surface area contributed by atoms with Crippen molar-refractivity contribution in [3.05, 3.63) is 23.7 Å². The molecule has 1 aromatic rings. The molecule has 1 aliphatic carbocycles. The molecule has 0 unspecified atom stereocenters. The number of hydrogen-bond donors (Lipinski definition) is 2. The second-order valence-corrected chi connectivity index (χ2v) is 3.63. The van der Waals surface area contributed by atoms with Crippen molar-refractivity contribution < 1.29 is 4.42 Å². The van der Waals surface area contributed by atoms with Gasteiger partial charge in [-0.1, -0.05) is 0 Å². The van der Waals surface area contributed by atoms with Crippen LogP contribution >= 0.6 is 0 Å². The van der Waals surface area contributed by atoms with Crippen LogP contribution in [0.15, 0.2) is 21.5 Å². The summed E-state index contributed by atoms with van der Waals surface area (Å²) in [6.07, 6.45) is 2.41. The minimum Gasteiger partial charge on any atom is -0.464 e. The van der Waals surface area contributed by atoms with E-state index in [1.165, 1.54) is 12.8 Å². The van der Waals surface area contributed by atoms with Crippen molar-refractivity contribution in [3.63, 3.8) is 0 Å². The van der Waals surface area contributed by atoms with Crippen LogP contribution in [0.1, 0.15) is 24.4 Å². The third-order valence-electron chi connectivity index (χ3n) is 2.13. The molecular weight excluding hydrogens is 178 g/mol. The molecule has 3 N–H and O–H groups in total. The average Bonchev–Trinajstić information content (AvgIpc) is 2.85. The summed E-state index contributed by atoms with van der Waals surface area (Å²) in [7, 11) is 0. The van der Waals surface area contributed by atoms with Gasteiger partial charge >= 0.3 is 0 Å². The van der Waals surface area contributed by atoms with E-state index in [9.17, 15) is 0 Å². The van der Waals surface area contributed by atoms with Gasteiger partial charge in [0.1, 0.15) is 18.1 Å². The van der Waals surface area contributed by atoms with Gasteiger partial charge in [0.05, 0.1) is 0 Å². The summed E-state index contributed by atoms with van der Waals surface area (Å²) >= 11 is 0. The molecule has 0 bridgehead atoms. The third kappa shape index (κ3) is 2.52. The van der Waals surface area contributed by atoms with Crippen molar-refractivity contribution >= 4 is 5.96 Å². The van der Waals surface area contributed by atoms with Crippen molar-refractivity contribution in [2.24, 2.45) is 10.7 Å². The van der Waals surface area contributed by atoms with Crippen LogP contribution in [0.25, 0.3) is 0 Å². The lowest BCUT2D eigenvalue weighted by Gasteiger charge is -2.01. The van der Waals surface area contributed by atoms with E-state index in [0.717, 1.165) is 11.5 Å². The van der Waals surface area contributed by atoms with Gasteiger partial charge < -0.3 is 15.5 Å². The quantitative estimate of drug-likeness (QED) is 0.559. The third-order valence-corrected chi connectivity index (χ3v) is 2.13. The van der Waals surface area contributed by atoms with E-state index in [-0.39, 0.29) is 0 Å². The minimum absolute atomic E-state index is 0.513. The Bertz CT molecular complexity index is 339. The van der Waals surface area contributed by atoms with Gasteiger partial charge in [-0.15, -0.1) is 0 Å². The Morgan fingerprint density at radius 3 is 3.00 bits per heavy atom. The zero-order chi connectivity index (χ0) is 9.97. The zero-order valence-electron chi connectivity index (χ0n) is 8.29. The van der Waals surface area contributed by atoms with Crippen LogP contribution in [0, 0.1) is 6.92 Å². The van der Waals surface area contributed by atoms with Crippen LogP contribution < -0.4 is 11.1 Å². The van der Waals surface area contributed by atoms with E-state index in [1.807, 2.05) is 19.1 Å². The highest BCUT2D eigenvalue weighted by Crippen LogP contribution is 2.18. The Morgan fingerprint density at radius 1 is 1.64 bits per heavy atom. The number of nitrogens with one attached hydrogen (secondary N) is 1. The molecule has 1 heterocycles. The summed E-state index contributed by atoms with van der Waals surface area (Å²) in [5.74, 6) is 2.27. The van der Waals surface area contributed by atoms with Gasteiger partial charge in [-0.05, 0) is 31.9 Å². The van der Waals surface area contributed by atoms with E-state index in [1.54, 1.807) is 0 Å². The van der Waals surface area contributed by atoms with E-state index in [2.05, 4.69) is 10.3 Å². The Morgan fingerprint density at radius 2 is 2.43 bits per heavy atom. The van der Waals surface area contributed by atoms with Gasteiger partial charge in [-0.3, -0.25) is 0 Å². The Balaban J connectivity index is 1.84. The molecule has 1 saturated carbocycles. The van der Waals surface area contributed by atoms with E-state index in [4.69, 9.17) is 10.2 Å². The largest absolute Gasteiger partial charge is 0.464 e. The lowest BCUT2D eigenvalue weighted by molar-refractivity contribution is 0.485. The first kappa shape index (κ1) is 9.12. The Kier molecular flexibility index (Phi) is 2.43. The van der Waals surface area contributed by atoms with Crippen molar-refractivity contribution in [2.75, 3.05) is 0 Å². The number of aliphatic imine (C=N–C) groups is 1. The molecule has 2 rings (SSSR count). The van der Waals surface area contributed by atoms with Crippen LogP contribution in [-0.2, 0) is 6.54 Å². The normalized spacial score (nSPS) is 17.1. The van der Waals surface area contributed by atoms with E-state index >= 15 is 0 Å². The summed E-state index contributed by atoms with van der Waals surface area (Å²) in [6.45, 7) is 2.43. The summed E-state index contributed by atoms with van der Waals surface area (Å²) in [6, 6.07) is 4.40. The fourth-order valence-corrected chi connectivity index (χ4v) is 1.22. The predicted molar refractivity (Wildman–Crippen MR) is 54.9 cm³/mol. The molecule has 1 fully saturated rings. The molecule has 0 aliphatic heterocycles. The number of hydrogen-bond acceptors (Lipinski definition) is 2. The summed E-state index contributed by atoms with van der Waals surface area (Å²) in [4.78, 5) is 4.18. The summed E-state index contributed by atoms with van der Waals surface area (Å²) in [5.41, 5.74) is 5.67. The molecule has 0 aromatic carbocycles. The molecule has 1 aliphatic rings. The highest BCUT2D eigenvalue weighted by Gasteiger charge is 2.21. The Hall–Kier alpha value is -1.45. The lowest BCUT2D eigenvalue weighted by Crippen LogP contribution is -2.33. The van der Waals surface area contributed by atoms with E-state index in [0.29, 0.717) is 18.5 Å². The monoisotopic (exact) mass is 193 g/mol. The van der Waals surface area contributed by atoms with Gasteiger partial charge in [0.2, 0.25) is 0 Å². The van der Waals surface area contributed by atoms with Crippen molar-refractivity contribution in [1.82, 2.24) is 5.32 Å². The predicted octanol–water partition coefficient (Wildman–Crippen LogP) is 1.15. The van der Waals surface area contributed by atoms with Crippen LogP contribution in [0.4, 0.5) is 0 Å². The lowest BCUT2D eigenvalue weighted by atomic mass is 10.4. The molecule has 1 aromatic heterocycles. The first-order valence-corrected chi connectivity index (χ1v) is 4.86. The van der Waals surface area contributed by atoms with Gasteiger partial charge in [-0.25, -0.2) is 4.99 Å². The van der Waals surface area contributed by atoms with Crippen LogP contribution in [-0.4, -0.2) is 12.0 Å². The molecule has 0 saturated heterocycles. The fourth-order valence-electron chi connectivity index (χ4n) is 1.22. The zero-order valence-corrected chi connectivity index (χ0v) is 8.29. The molecular formula is C10H15N3O. The summed E-state index contributed by atoms with van der Waals surface area (Å²) < 4.78 is 5.36. The van der Waals surface area contributed by atoms with E-state index < -0.39 is 0 Å². The average molecular weight is 193 g/mol. The molecule has 0 radical (unpaired) electrons. The molecule has 14 heavy (non-hydrogen) atoms. The minimum atomic E-state index is 0.513. The number of nitrogens with zero attached hydrogens (tertiary/aromatic N) is 1. The SMILES string of the molecule is Cc1ccc(CN=C(N)NC2CC2)o1. The number of guanidine groups is 1. The maximum atomic E-state index is 5.67. The van der Waals surface area contributed by atoms with Gasteiger partial charge in [0, 0.05) is 6.04 Å². The van der Waals surface area contributed by atoms with Crippen LogP contribution in [0.3, 0.4) is 0 Å². The number of furan rings is 1. The van der Waals surface area contributed by atoms with Crippen molar-refractivity contribution in [3.8, 4) is 0 Å². The maximum Gasteiger partial charge on any atom is 0.189 e. The topological polar surface area (TPSA) is 63.5 Å². The number of aryl methyl sites for hydroxylation is 1. The molecule has 4 heteroatoms. The molecule has 0 atom stereocenters. The van der Waals surface area contributed by atoms with Crippen molar-refractivity contribution in [2.45, 2.75) is 32.4 Å². The highest BCUT2D eigenvalue weighted by atomic mass is 16.3. The first-order valence-electron chi connectivity index (χ1n) is 4.86. The smallest absolute Gasteiger partial charge is 0.189 e. The van der Waals surface area contributed by atoms with Gasteiger partial charge in [0.25, 0.3) is 0 Å². The fraction of sp³-hybridized carbons (Fsp3) is 0.500. The molecule has 0 spiro atoms. The number of nitrogens with two attached hydrogens (primary N) is 1. The van der Waals surface area contributed by atoms with Crippen LogP contribution in [0.2, 0.25) is 0 Å². The van der Waals surface area contributed by atoms with Crippen LogP contribution in [0.5, 0.6) is 0 Å². The second-order valence-electron chi connectivity index (χ2n) is 3.63. The molecule has 76 valence electrons. The van der Waals surface area contributed by atoms with Gasteiger partial charge in [0.15, 0.2) is 5.96 Å². The summed E-state index contributed by atoms with van der Waals surface area (Å²) in [5, 5.41) is 3.12. The van der Waals surface area contributed by atoms with Gasteiger partial charge in [-0.2, -0.15) is 0 Å². The second kappa shape index (κ2) is 3.74.